The van der Waals surface area contributed by atoms with Gasteiger partial charge in [-0.3, -0.25) is 0 Å². The summed E-state index contributed by atoms with van der Waals surface area (Å²) in [6, 6.07) is 0.922. The Labute approximate surface area is 69.9 Å². The number of H-pyrrole nitrogens is 1. The van der Waals surface area contributed by atoms with Crippen molar-refractivity contribution >= 4 is 0 Å². The van der Waals surface area contributed by atoms with Crippen molar-refractivity contribution in [2.75, 3.05) is 0 Å². The van der Waals surface area contributed by atoms with E-state index in [0.717, 1.165) is 12.8 Å². The number of tetrazole rings is 1. The van der Waals surface area contributed by atoms with Gasteiger partial charge in [-0.2, -0.15) is 5.21 Å². The Morgan fingerprint density at radius 2 is 2.42 bits per heavy atom. The molecular weight excluding hydrogens is 156 g/mol. The van der Waals surface area contributed by atoms with E-state index in [1.165, 1.54) is 0 Å². The number of nitrogens with two attached hydrogens (primary N) is 1. The highest BCUT2D eigenvalue weighted by Crippen LogP contribution is 2.17. The number of aromatic amines is 1. The second kappa shape index (κ2) is 3.16. The van der Waals surface area contributed by atoms with Crippen LogP contribution in [0.5, 0.6) is 0 Å². The van der Waals surface area contributed by atoms with Crippen molar-refractivity contribution in [3.8, 4) is 0 Å². The number of aromatic nitrogens is 4. The van der Waals surface area contributed by atoms with E-state index >= 15 is 0 Å². The Bertz CT molecular complexity index is 226. The van der Waals surface area contributed by atoms with Crippen LogP contribution < -0.4 is 11.1 Å². The highest BCUT2D eigenvalue weighted by Gasteiger charge is 2.25. The summed E-state index contributed by atoms with van der Waals surface area (Å²) >= 11 is 0. The van der Waals surface area contributed by atoms with Gasteiger partial charge in [-0.15, -0.1) is 10.2 Å². The van der Waals surface area contributed by atoms with E-state index in [0.29, 0.717) is 24.5 Å². The van der Waals surface area contributed by atoms with Crippen LogP contribution in [-0.4, -0.2) is 32.7 Å². The van der Waals surface area contributed by atoms with Gasteiger partial charge in [0.2, 0.25) is 0 Å². The van der Waals surface area contributed by atoms with Crippen molar-refractivity contribution in [1.29, 1.82) is 0 Å². The SMILES string of the molecule is NC1CC(NCc2nn[nH]n2)C1. The molecule has 1 aromatic heterocycles. The van der Waals surface area contributed by atoms with Gasteiger partial charge in [-0.1, -0.05) is 5.21 Å². The first-order valence-electron chi connectivity index (χ1n) is 4.06. The van der Waals surface area contributed by atoms with Crippen molar-refractivity contribution in [2.24, 2.45) is 5.73 Å². The Kier molecular flexibility index (Phi) is 2.01. The Morgan fingerprint density at radius 3 is 3.00 bits per heavy atom. The molecule has 1 saturated carbocycles. The first kappa shape index (κ1) is 7.63. The van der Waals surface area contributed by atoms with E-state index in [9.17, 15) is 0 Å². The molecule has 0 radical (unpaired) electrons. The molecule has 66 valence electrons. The van der Waals surface area contributed by atoms with Gasteiger partial charge in [-0.25, -0.2) is 0 Å². The van der Waals surface area contributed by atoms with E-state index in [1.807, 2.05) is 0 Å². The summed E-state index contributed by atoms with van der Waals surface area (Å²) in [5, 5.41) is 16.8. The molecule has 0 atom stereocenters. The fourth-order valence-electron chi connectivity index (χ4n) is 1.32. The van der Waals surface area contributed by atoms with Gasteiger partial charge in [0.25, 0.3) is 0 Å². The maximum Gasteiger partial charge on any atom is 0.188 e. The maximum atomic E-state index is 5.63. The minimum Gasteiger partial charge on any atom is -0.328 e. The second-order valence-electron chi connectivity index (χ2n) is 3.14. The number of rotatable bonds is 3. The zero-order chi connectivity index (χ0) is 8.39. The van der Waals surface area contributed by atoms with Crippen LogP contribution >= 0.6 is 0 Å². The van der Waals surface area contributed by atoms with E-state index < -0.39 is 0 Å². The minimum absolute atomic E-state index is 0.382. The van der Waals surface area contributed by atoms with Crippen LogP contribution in [0, 0.1) is 0 Å². The van der Waals surface area contributed by atoms with Crippen molar-refractivity contribution in [3.63, 3.8) is 0 Å². The summed E-state index contributed by atoms with van der Waals surface area (Å²) in [7, 11) is 0. The number of hydrogen-bond donors (Lipinski definition) is 3. The molecule has 0 unspecified atom stereocenters. The molecule has 6 heteroatoms. The minimum atomic E-state index is 0.382. The fourth-order valence-corrected chi connectivity index (χ4v) is 1.32. The molecule has 0 saturated heterocycles. The van der Waals surface area contributed by atoms with E-state index in [4.69, 9.17) is 5.73 Å². The summed E-state index contributed by atoms with van der Waals surface area (Å²) in [5.74, 6) is 0.704. The lowest BCUT2D eigenvalue weighted by atomic mass is 9.88. The van der Waals surface area contributed by atoms with Crippen LogP contribution in [0.4, 0.5) is 0 Å². The normalized spacial score (nSPS) is 28.4. The standard InChI is InChI=1S/C6H12N6/c7-4-1-5(2-4)8-3-6-9-11-12-10-6/h4-5,8H,1-3,7H2,(H,9,10,11,12). The van der Waals surface area contributed by atoms with Gasteiger partial charge >= 0.3 is 0 Å². The molecule has 0 bridgehead atoms. The summed E-state index contributed by atoms with van der Waals surface area (Å²) in [4.78, 5) is 0. The molecular formula is C6H12N6. The molecule has 1 heterocycles. The molecule has 1 aromatic rings. The van der Waals surface area contributed by atoms with Crippen molar-refractivity contribution < 1.29 is 0 Å². The molecule has 0 spiro atoms. The van der Waals surface area contributed by atoms with Crippen molar-refractivity contribution in [3.05, 3.63) is 5.82 Å². The molecule has 0 amide bonds. The predicted molar refractivity (Wildman–Crippen MR) is 42.0 cm³/mol. The van der Waals surface area contributed by atoms with Crippen LogP contribution in [0.1, 0.15) is 18.7 Å². The number of nitrogens with zero attached hydrogens (tertiary/aromatic N) is 3. The lowest BCUT2D eigenvalue weighted by Gasteiger charge is -2.32. The number of hydrogen-bond acceptors (Lipinski definition) is 5. The van der Waals surface area contributed by atoms with Crippen LogP contribution in [0.25, 0.3) is 0 Å². The molecule has 0 aliphatic heterocycles. The van der Waals surface area contributed by atoms with Gasteiger partial charge in [0, 0.05) is 12.1 Å². The third kappa shape index (κ3) is 1.59. The maximum absolute atomic E-state index is 5.63. The predicted octanol–water partition coefficient (Wildman–Crippen LogP) is -1.22. The zero-order valence-corrected chi connectivity index (χ0v) is 6.70. The first-order valence-corrected chi connectivity index (χ1v) is 4.06. The van der Waals surface area contributed by atoms with Crippen LogP contribution in [0.2, 0.25) is 0 Å². The molecule has 4 N–H and O–H groups in total. The van der Waals surface area contributed by atoms with Crippen LogP contribution in [0.3, 0.4) is 0 Å². The lowest BCUT2D eigenvalue weighted by Crippen LogP contribution is -2.48. The van der Waals surface area contributed by atoms with Crippen LogP contribution in [-0.2, 0) is 6.54 Å². The fraction of sp³-hybridized carbons (Fsp3) is 0.833. The van der Waals surface area contributed by atoms with Gasteiger partial charge in [-0.05, 0) is 12.8 Å². The lowest BCUT2D eigenvalue weighted by molar-refractivity contribution is 0.289. The summed E-state index contributed by atoms with van der Waals surface area (Å²) in [6.45, 7) is 0.674. The topological polar surface area (TPSA) is 92.5 Å². The number of nitrogens with one attached hydrogen (secondary N) is 2. The van der Waals surface area contributed by atoms with Gasteiger partial charge in [0.15, 0.2) is 5.82 Å². The molecule has 6 nitrogen and oxygen atoms in total. The van der Waals surface area contributed by atoms with E-state index in [1.54, 1.807) is 0 Å². The molecule has 2 rings (SSSR count). The van der Waals surface area contributed by atoms with E-state index in [2.05, 4.69) is 25.9 Å². The van der Waals surface area contributed by atoms with Gasteiger partial charge in [0.1, 0.15) is 0 Å². The first-order chi connectivity index (χ1) is 5.84. The van der Waals surface area contributed by atoms with Crippen molar-refractivity contribution in [2.45, 2.75) is 31.5 Å². The molecule has 12 heavy (non-hydrogen) atoms. The Balaban J connectivity index is 1.70. The van der Waals surface area contributed by atoms with E-state index in [-0.39, 0.29) is 0 Å². The smallest absolute Gasteiger partial charge is 0.188 e. The molecule has 1 aliphatic rings. The summed E-state index contributed by atoms with van der Waals surface area (Å²) in [5.41, 5.74) is 5.63. The molecule has 0 aromatic carbocycles. The monoisotopic (exact) mass is 168 g/mol. The van der Waals surface area contributed by atoms with Crippen LogP contribution in [0.15, 0.2) is 0 Å². The highest BCUT2D eigenvalue weighted by atomic mass is 15.5. The zero-order valence-electron chi connectivity index (χ0n) is 6.70. The third-order valence-electron chi connectivity index (χ3n) is 2.11. The van der Waals surface area contributed by atoms with Gasteiger partial charge < -0.3 is 11.1 Å². The molecule has 1 fully saturated rings. The highest BCUT2D eigenvalue weighted by molar-refractivity contribution is 4.89. The van der Waals surface area contributed by atoms with Gasteiger partial charge in [0.05, 0.1) is 6.54 Å². The average Bonchev–Trinajstić information content (AvgIpc) is 2.47. The van der Waals surface area contributed by atoms with Crippen molar-refractivity contribution in [1.82, 2.24) is 25.9 Å². The summed E-state index contributed by atoms with van der Waals surface area (Å²) in [6.07, 6.45) is 2.11. The Hall–Kier alpha value is -1.01. The Morgan fingerprint density at radius 1 is 1.58 bits per heavy atom. The quantitative estimate of drug-likeness (QED) is 0.526. The average molecular weight is 168 g/mol. The third-order valence-corrected chi connectivity index (χ3v) is 2.11. The second-order valence-corrected chi connectivity index (χ2v) is 3.14. The largest absolute Gasteiger partial charge is 0.328 e. The molecule has 1 aliphatic carbocycles. The summed E-state index contributed by atoms with van der Waals surface area (Å²) < 4.78 is 0.